The molecule has 0 spiro atoms. The highest BCUT2D eigenvalue weighted by molar-refractivity contribution is 5.99. The lowest BCUT2D eigenvalue weighted by Crippen LogP contribution is -2.33. The van der Waals surface area contributed by atoms with E-state index in [9.17, 15) is 9.59 Å². The summed E-state index contributed by atoms with van der Waals surface area (Å²) in [4.78, 5) is 25.3. The first-order valence-electron chi connectivity index (χ1n) is 6.61. The first-order chi connectivity index (χ1) is 9.22. The van der Waals surface area contributed by atoms with Crippen LogP contribution in [-0.2, 0) is 9.53 Å². The maximum Gasteiger partial charge on any atom is 0.325 e. The molecule has 0 bridgehead atoms. The molecule has 0 saturated carbocycles. The van der Waals surface area contributed by atoms with Gasteiger partial charge < -0.3 is 9.64 Å². The molecule has 0 aliphatic rings. The van der Waals surface area contributed by atoms with Gasteiger partial charge in [0.1, 0.15) is 6.54 Å². The molecule has 0 N–H and O–H groups in total. The lowest BCUT2D eigenvalue weighted by Gasteiger charge is -2.22. The molecular weight excluding hydrogens is 254 g/mol. The summed E-state index contributed by atoms with van der Waals surface area (Å²) in [6.07, 6.45) is 0. The van der Waals surface area contributed by atoms with Crippen LogP contribution in [0.2, 0.25) is 0 Å². The van der Waals surface area contributed by atoms with Crippen molar-refractivity contribution in [3.8, 4) is 0 Å². The number of carbonyl (C=O) groups is 2. The van der Waals surface area contributed by atoms with Crippen LogP contribution in [0.25, 0.3) is 0 Å². The Morgan fingerprint density at radius 3 is 1.70 bits per heavy atom. The number of rotatable bonds is 3. The minimum atomic E-state index is -0.420. The normalized spacial score (nSPS) is 10.3. The molecule has 4 heteroatoms. The second-order valence-corrected chi connectivity index (χ2v) is 5.24. The number of amides is 1. The zero-order chi connectivity index (χ0) is 15.6. The molecular formula is C16H23NO3. The van der Waals surface area contributed by atoms with Gasteiger partial charge in [0, 0.05) is 12.6 Å². The molecule has 0 atom stereocenters. The molecule has 20 heavy (non-hydrogen) atoms. The van der Waals surface area contributed by atoms with Crippen LogP contribution in [-0.4, -0.2) is 37.5 Å². The highest BCUT2D eigenvalue weighted by Crippen LogP contribution is 2.26. The van der Waals surface area contributed by atoms with E-state index in [-0.39, 0.29) is 12.5 Å². The van der Waals surface area contributed by atoms with Crippen LogP contribution in [0.1, 0.15) is 38.2 Å². The van der Waals surface area contributed by atoms with Gasteiger partial charge in [-0.25, -0.2) is 0 Å². The van der Waals surface area contributed by atoms with Crippen molar-refractivity contribution in [3.63, 3.8) is 0 Å². The maximum atomic E-state index is 12.6. The van der Waals surface area contributed by atoms with E-state index >= 15 is 0 Å². The minimum absolute atomic E-state index is 0.0415. The van der Waals surface area contributed by atoms with Crippen molar-refractivity contribution in [3.05, 3.63) is 33.4 Å². The summed E-state index contributed by atoms with van der Waals surface area (Å²) >= 11 is 0. The number of benzene rings is 1. The number of hydrogen-bond acceptors (Lipinski definition) is 3. The molecule has 0 fully saturated rings. The third-order valence-corrected chi connectivity index (χ3v) is 4.15. The topological polar surface area (TPSA) is 46.6 Å². The Hall–Kier alpha value is -1.84. The molecule has 4 nitrogen and oxygen atoms in total. The van der Waals surface area contributed by atoms with Crippen LogP contribution in [0.5, 0.6) is 0 Å². The summed E-state index contributed by atoms with van der Waals surface area (Å²) in [5.41, 5.74) is 6.12. The summed E-state index contributed by atoms with van der Waals surface area (Å²) in [6, 6.07) is 0. The summed E-state index contributed by atoms with van der Waals surface area (Å²) in [5.74, 6) is -0.562. The number of carbonyl (C=O) groups excluding carboxylic acids is 2. The van der Waals surface area contributed by atoms with Crippen molar-refractivity contribution in [2.24, 2.45) is 0 Å². The molecule has 110 valence electrons. The molecule has 0 heterocycles. The van der Waals surface area contributed by atoms with Crippen LogP contribution < -0.4 is 0 Å². The Bertz CT molecular complexity index is 532. The molecule has 0 radical (unpaired) electrons. The number of esters is 1. The van der Waals surface area contributed by atoms with E-state index in [1.807, 2.05) is 27.7 Å². The van der Waals surface area contributed by atoms with E-state index in [0.29, 0.717) is 5.56 Å². The van der Waals surface area contributed by atoms with E-state index in [1.54, 1.807) is 7.05 Å². The van der Waals surface area contributed by atoms with Gasteiger partial charge in [-0.2, -0.15) is 0 Å². The quantitative estimate of drug-likeness (QED) is 0.797. The SMILES string of the molecule is COC(=O)CN(C)C(=O)c1c(C)c(C)c(C)c(C)c1C. The van der Waals surface area contributed by atoms with Gasteiger partial charge in [-0.05, 0) is 62.4 Å². The number of ether oxygens (including phenoxy) is 1. The Labute approximate surface area is 120 Å². The lowest BCUT2D eigenvalue weighted by atomic mass is 9.89. The molecule has 1 amide bonds. The average Bonchev–Trinajstić information content (AvgIpc) is 2.42. The lowest BCUT2D eigenvalue weighted by molar-refractivity contribution is -0.141. The van der Waals surface area contributed by atoms with Crippen LogP contribution in [0.3, 0.4) is 0 Å². The zero-order valence-electron chi connectivity index (χ0n) is 13.4. The van der Waals surface area contributed by atoms with E-state index in [2.05, 4.69) is 11.7 Å². The number of likely N-dealkylation sites (N-methyl/N-ethyl adjacent to an activating group) is 1. The third kappa shape index (κ3) is 2.84. The summed E-state index contributed by atoms with van der Waals surface area (Å²) in [7, 11) is 2.93. The van der Waals surface area contributed by atoms with Crippen LogP contribution in [0.15, 0.2) is 0 Å². The summed E-state index contributed by atoms with van der Waals surface area (Å²) < 4.78 is 4.60. The predicted octanol–water partition coefficient (Wildman–Crippen LogP) is 2.47. The monoisotopic (exact) mass is 277 g/mol. The smallest absolute Gasteiger partial charge is 0.325 e. The van der Waals surface area contributed by atoms with Crippen molar-refractivity contribution >= 4 is 11.9 Å². The third-order valence-electron chi connectivity index (χ3n) is 4.15. The summed E-state index contributed by atoms with van der Waals surface area (Å²) in [5, 5.41) is 0. The maximum absolute atomic E-state index is 12.6. The van der Waals surface area contributed by atoms with Gasteiger partial charge in [0.25, 0.3) is 5.91 Å². The average molecular weight is 277 g/mol. The first kappa shape index (κ1) is 16.2. The number of methoxy groups -OCH3 is 1. The summed E-state index contributed by atoms with van der Waals surface area (Å²) in [6.45, 7) is 9.97. The molecule has 0 aliphatic carbocycles. The highest BCUT2D eigenvalue weighted by Gasteiger charge is 2.22. The largest absolute Gasteiger partial charge is 0.468 e. The second kappa shape index (κ2) is 6.07. The van der Waals surface area contributed by atoms with Crippen LogP contribution in [0, 0.1) is 34.6 Å². The van der Waals surface area contributed by atoms with Crippen molar-refractivity contribution < 1.29 is 14.3 Å². The van der Waals surface area contributed by atoms with E-state index in [4.69, 9.17) is 0 Å². The van der Waals surface area contributed by atoms with Gasteiger partial charge in [0.2, 0.25) is 0 Å². The molecule has 0 saturated heterocycles. The number of hydrogen-bond donors (Lipinski definition) is 0. The Balaban J connectivity index is 3.27. The van der Waals surface area contributed by atoms with Crippen molar-refractivity contribution in [2.75, 3.05) is 20.7 Å². The van der Waals surface area contributed by atoms with Gasteiger partial charge in [0.15, 0.2) is 0 Å². The number of nitrogens with zero attached hydrogens (tertiary/aromatic N) is 1. The fraction of sp³-hybridized carbons (Fsp3) is 0.500. The van der Waals surface area contributed by atoms with Crippen LogP contribution in [0.4, 0.5) is 0 Å². The van der Waals surface area contributed by atoms with Crippen molar-refractivity contribution in [1.29, 1.82) is 0 Å². The molecule has 0 aliphatic heterocycles. The molecule has 0 unspecified atom stereocenters. The predicted molar refractivity (Wildman–Crippen MR) is 79.1 cm³/mol. The second-order valence-electron chi connectivity index (χ2n) is 5.24. The Morgan fingerprint density at radius 2 is 1.30 bits per heavy atom. The highest BCUT2D eigenvalue weighted by atomic mass is 16.5. The Morgan fingerprint density at radius 1 is 0.900 bits per heavy atom. The van der Waals surface area contributed by atoms with Gasteiger partial charge in [-0.15, -0.1) is 0 Å². The van der Waals surface area contributed by atoms with Gasteiger partial charge in [0.05, 0.1) is 7.11 Å². The van der Waals surface area contributed by atoms with Gasteiger partial charge in [-0.3, -0.25) is 9.59 Å². The molecule has 1 aromatic rings. The van der Waals surface area contributed by atoms with E-state index in [1.165, 1.54) is 17.6 Å². The van der Waals surface area contributed by atoms with E-state index < -0.39 is 5.97 Å². The van der Waals surface area contributed by atoms with E-state index in [0.717, 1.165) is 22.3 Å². The molecule has 1 aromatic carbocycles. The molecule has 1 rings (SSSR count). The standard InChI is InChI=1S/C16H23NO3/c1-9-10(2)12(4)15(13(5)11(9)3)16(19)17(6)8-14(18)20-7/h8H2,1-7H3. The van der Waals surface area contributed by atoms with Gasteiger partial charge in [-0.1, -0.05) is 0 Å². The fourth-order valence-corrected chi connectivity index (χ4v) is 2.34. The van der Waals surface area contributed by atoms with Crippen molar-refractivity contribution in [1.82, 2.24) is 4.90 Å². The van der Waals surface area contributed by atoms with Crippen molar-refractivity contribution in [2.45, 2.75) is 34.6 Å². The Kier molecular flexibility index (Phi) is 4.93. The van der Waals surface area contributed by atoms with Gasteiger partial charge >= 0.3 is 5.97 Å². The van der Waals surface area contributed by atoms with Crippen LogP contribution >= 0.6 is 0 Å². The minimum Gasteiger partial charge on any atom is -0.468 e. The molecule has 0 aromatic heterocycles. The zero-order valence-corrected chi connectivity index (χ0v) is 13.4. The fourth-order valence-electron chi connectivity index (χ4n) is 2.34. The first-order valence-corrected chi connectivity index (χ1v) is 6.61.